The van der Waals surface area contributed by atoms with E-state index in [-0.39, 0.29) is 12.5 Å². The molecule has 14 heteroatoms. The zero-order chi connectivity index (χ0) is 51.0. The first kappa shape index (κ1) is 64.8. The summed E-state index contributed by atoms with van der Waals surface area (Å²) in [7, 11) is 0. The van der Waals surface area contributed by atoms with Gasteiger partial charge in [-0.15, -0.1) is 0 Å². The molecular formula is C56H107NO13. The molecule has 9 N–H and O–H groups in total. The van der Waals surface area contributed by atoms with Crippen LogP contribution in [0.15, 0.2) is 12.2 Å². The number of aliphatic hydroxyl groups is 8. The molecule has 12 unspecified atom stereocenters. The van der Waals surface area contributed by atoms with E-state index >= 15 is 0 Å². The number of carbonyl (C=O) groups is 1. The highest BCUT2D eigenvalue weighted by molar-refractivity contribution is 5.76. The van der Waals surface area contributed by atoms with Gasteiger partial charge in [0.1, 0.15) is 48.8 Å². The third kappa shape index (κ3) is 29.0. The van der Waals surface area contributed by atoms with Crippen LogP contribution in [0, 0.1) is 0 Å². The Hall–Kier alpha value is -1.27. The van der Waals surface area contributed by atoms with Crippen molar-refractivity contribution in [2.45, 2.75) is 319 Å². The van der Waals surface area contributed by atoms with Gasteiger partial charge in [-0.05, 0) is 32.1 Å². The van der Waals surface area contributed by atoms with E-state index in [1.807, 2.05) is 0 Å². The second kappa shape index (κ2) is 43.0. The van der Waals surface area contributed by atoms with Crippen LogP contribution in [0.4, 0.5) is 0 Å². The molecule has 14 nitrogen and oxygen atoms in total. The van der Waals surface area contributed by atoms with Crippen molar-refractivity contribution in [1.29, 1.82) is 0 Å². The molecule has 2 heterocycles. The van der Waals surface area contributed by atoms with E-state index in [1.54, 1.807) is 0 Å². The molecule has 70 heavy (non-hydrogen) atoms. The largest absolute Gasteiger partial charge is 0.394 e. The summed E-state index contributed by atoms with van der Waals surface area (Å²) in [4.78, 5) is 13.2. The Balaban J connectivity index is 1.69. The van der Waals surface area contributed by atoms with Gasteiger partial charge in [-0.3, -0.25) is 4.79 Å². The highest BCUT2D eigenvalue weighted by Gasteiger charge is 2.51. The molecule has 2 saturated heterocycles. The number of hydrogen-bond donors (Lipinski definition) is 9. The Labute approximate surface area is 425 Å². The fourth-order valence-electron chi connectivity index (χ4n) is 9.77. The molecule has 12 atom stereocenters. The molecule has 2 rings (SSSR count). The lowest BCUT2D eigenvalue weighted by molar-refractivity contribution is -0.359. The molecule has 0 spiro atoms. The van der Waals surface area contributed by atoms with Crippen LogP contribution in [0.25, 0.3) is 0 Å². The van der Waals surface area contributed by atoms with E-state index in [0.717, 1.165) is 70.6 Å². The van der Waals surface area contributed by atoms with Crippen LogP contribution in [0.1, 0.15) is 245 Å². The van der Waals surface area contributed by atoms with Crippen LogP contribution in [-0.4, -0.2) is 140 Å². The summed E-state index contributed by atoms with van der Waals surface area (Å²) in [5, 5.41) is 87.0. The molecular weight excluding hydrogens is 895 g/mol. The molecule has 0 saturated carbocycles. The highest BCUT2D eigenvalue weighted by atomic mass is 16.7. The van der Waals surface area contributed by atoms with E-state index in [2.05, 4.69) is 31.3 Å². The van der Waals surface area contributed by atoms with Gasteiger partial charge in [0, 0.05) is 6.42 Å². The SMILES string of the molecule is CCC/C=C\CCCCCCCC(=O)NC(COC1OC(CO)C(OC2OC(CO)C(O)C(O)C2O)C(O)C1O)C(O)CCCCCCCCCCCCCCCCCCCCCCCCCCCC. The van der Waals surface area contributed by atoms with Gasteiger partial charge in [0.15, 0.2) is 12.6 Å². The van der Waals surface area contributed by atoms with E-state index < -0.39 is 86.8 Å². The predicted octanol–water partition coefficient (Wildman–Crippen LogP) is 9.11. The molecule has 2 aliphatic rings. The molecule has 0 radical (unpaired) electrons. The maximum absolute atomic E-state index is 13.2. The molecule has 0 aliphatic carbocycles. The normalized spacial score (nSPS) is 26.0. The van der Waals surface area contributed by atoms with Gasteiger partial charge >= 0.3 is 0 Å². The molecule has 0 aromatic carbocycles. The minimum absolute atomic E-state index is 0.216. The van der Waals surface area contributed by atoms with E-state index in [9.17, 15) is 45.6 Å². The van der Waals surface area contributed by atoms with Gasteiger partial charge in [-0.2, -0.15) is 0 Å². The third-order valence-corrected chi connectivity index (χ3v) is 14.5. The van der Waals surface area contributed by atoms with Crippen LogP contribution < -0.4 is 5.32 Å². The summed E-state index contributed by atoms with van der Waals surface area (Å²) in [5.41, 5.74) is 0. The zero-order valence-corrected chi connectivity index (χ0v) is 44.3. The van der Waals surface area contributed by atoms with Gasteiger partial charge in [-0.25, -0.2) is 0 Å². The minimum Gasteiger partial charge on any atom is -0.394 e. The molecule has 414 valence electrons. The smallest absolute Gasteiger partial charge is 0.220 e. The first-order valence-corrected chi connectivity index (χ1v) is 28.9. The Bertz CT molecular complexity index is 1230. The molecule has 2 aliphatic heterocycles. The van der Waals surface area contributed by atoms with E-state index in [4.69, 9.17) is 18.9 Å². The van der Waals surface area contributed by atoms with Gasteiger partial charge in [-0.1, -0.05) is 219 Å². The van der Waals surface area contributed by atoms with Gasteiger partial charge in [0.25, 0.3) is 0 Å². The molecule has 2 fully saturated rings. The topological polar surface area (TPSA) is 228 Å². The van der Waals surface area contributed by atoms with Crippen molar-refractivity contribution in [3.63, 3.8) is 0 Å². The number of unbranched alkanes of at least 4 members (excludes halogenated alkanes) is 31. The number of hydrogen-bond acceptors (Lipinski definition) is 13. The summed E-state index contributed by atoms with van der Waals surface area (Å²) < 4.78 is 22.8. The maximum atomic E-state index is 13.2. The van der Waals surface area contributed by atoms with Gasteiger partial charge in [0.05, 0.1) is 32.0 Å². The third-order valence-electron chi connectivity index (χ3n) is 14.5. The van der Waals surface area contributed by atoms with Crippen molar-refractivity contribution < 1.29 is 64.6 Å². The van der Waals surface area contributed by atoms with Crippen LogP contribution in [-0.2, 0) is 23.7 Å². The highest BCUT2D eigenvalue weighted by Crippen LogP contribution is 2.30. The molecule has 0 aromatic heterocycles. The van der Waals surface area contributed by atoms with E-state index in [0.29, 0.717) is 19.3 Å². The van der Waals surface area contributed by atoms with Crippen LogP contribution in [0.5, 0.6) is 0 Å². The van der Waals surface area contributed by atoms with Crippen LogP contribution in [0.2, 0.25) is 0 Å². The van der Waals surface area contributed by atoms with Gasteiger partial charge in [0.2, 0.25) is 5.91 Å². The predicted molar refractivity (Wildman–Crippen MR) is 277 cm³/mol. The molecule has 0 aromatic rings. The zero-order valence-electron chi connectivity index (χ0n) is 44.3. The van der Waals surface area contributed by atoms with Crippen LogP contribution >= 0.6 is 0 Å². The summed E-state index contributed by atoms with van der Waals surface area (Å²) in [6.45, 7) is 2.80. The number of ether oxygens (including phenoxy) is 4. The Morgan fingerprint density at radius 3 is 1.41 bits per heavy atom. The van der Waals surface area contributed by atoms with Crippen molar-refractivity contribution >= 4 is 5.91 Å². The fourth-order valence-corrected chi connectivity index (χ4v) is 9.77. The number of nitrogens with one attached hydrogen (secondary N) is 1. The lowest BCUT2D eigenvalue weighted by Gasteiger charge is -2.46. The lowest BCUT2D eigenvalue weighted by Crippen LogP contribution is -2.65. The molecule has 1 amide bonds. The first-order chi connectivity index (χ1) is 34.1. The average Bonchev–Trinajstić information content (AvgIpc) is 3.36. The second-order valence-corrected chi connectivity index (χ2v) is 20.8. The van der Waals surface area contributed by atoms with Crippen molar-refractivity contribution in [1.82, 2.24) is 5.32 Å². The Morgan fingerprint density at radius 1 is 0.500 bits per heavy atom. The summed E-state index contributed by atoms with van der Waals surface area (Å²) in [6, 6.07) is -0.828. The fraction of sp³-hybridized carbons (Fsp3) is 0.946. The number of aliphatic hydroxyl groups excluding tert-OH is 8. The minimum atomic E-state index is -1.78. The summed E-state index contributed by atoms with van der Waals surface area (Å²) >= 11 is 0. The van der Waals surface area contributed by atoms with Crippen molar-refractivity contribution in [2.24, 2.45) is 0 Å². The second-order valence-electron chi connectivity index (χ2n) is 20.8. The number of carbonyl (C=O) groups excluding carboxylic acids is 1. The number of rotatable bonds is 46. The summed E-state index contributed by atoms with van der Waals surface area (Å²) in [6.07, 6.45) is 31.0. The van der Waals surface area contributed by atoms with E-state index in [1.165, 1.54) is 141 Å². The number of amides is 1. The average molecular weight is 1000 g/mol. The van der Waals surface area contributed by atoms with Crippen molar-refractivity contribution in [2.75, 3.05) is 19.8 Å². The van der Waals surface area contributed by atoms with Gasteiger partial charge < -0.3 is 65.1 Å². The molecule has 0 bridgehead atoms. The monoisotopic (exact) mass is 1000 g/mol. The maximum Gasteiger partial charge on any atom is 0.220 e. The number of allylic oxidation sites excluding steroid dienone is 2. The van der Waals surface area contributed by atoms with Crippen molar-refractivity contribution in [3.8, 4) is 0 Å². The first-order valence-electron chi connectivity index (χ1n) is 28.9. The Morgan fingerprint density at radius 2 is 0.929 bits per heavy atom. The van der Waals surface area contributed by atoms with Crippen LogP contribution in [0.3, 0.4) is 0 Å². The lowest BCUT2D eigenvalue weighted by atomic mass is 9.97. The van der Waals surface area contributed by atoms with Crippen molar-refractivity contribution in [3.05, 3.63) is 12.2 Å². The quantitative estimate of drug-likeness (QED) is 0.0205. The standard InChI is InChI=1S/C56H107NO13/c1-3-5-7-9-11-13-15-16-17-18-19-20-21-22-23-24-25-26-27-28-29-30-31-33-35-37-39-45(60)44(57-48(61)40-38-36-34-32-14-12-10-8-6-4-2)43-67-55-53(66)51(64)54(47(42-59)69-55)70-56-52(65)50(63)49(62)46(41-58)68-56/h8,10,44-47,49-56,58-60,62-66H,3-7,9,11-43H2,1-2H3,(H,57,61)/b10-8-. The summed E-state index contributed by atoms with van der Waals surface area (Å²) in [5.74, 6) is -0.216. The Kier molecular flexibility index (Phi) is 39.9.